The van der Waals surface area contributed by atoms with E-state index in [9.17, 15) is 4.79 Å². The van der Waals surface area contributed by atoms with E-state index in [0.717, 1.165) is 25.3 Å². The second-order valence-electron chi connectivity index (χ2n) is 5.06. The summed E-state index contributed by atoms with van der Waals surface area (Å²) in [6.07, 6.45) is 6.81. The second-order valence-corrected chi connectivity index (χ2v) is 5.06. The van der Waals surface area contributed by atoms with E-state index >= 15 is 0 Å². The molecule has 0 heterocycles. The van der Waals surface area contributed by atoms with Crippen molar-refractivity contribution in [1.29, 1.82) is 0 Å². The number of carbonyl (C=O) groups excluding carboxylic acids is 1. The summed E-state index contributed by atoms with van der Waals surface area (Å²) >= 11 is 0. The summed E-state index contributed by atoms with van der Waals surface area (Å²) in [5, 5.41) is 0. The molecule has 3 heteroatoms. The van der Waals surface area contributed by atoms with Crippen molar-refractivity contribution in [3.8, 4) is 0 Å². The minimum atomic E-state index is -0.255. The number of hydrogen-bond acceptors (Lipinski definition) is 2. The lowest BCUT2D eigenvalue weighted by Gasteiger charge is -2.25. The topological polar surface area (TPSA) is 46.3 Å². The van der Waals surface area contributed by atoms with E-state index in [0.29, 0.717) is 6.04 Å². The van der Waals surface area contributed by atoms with Crippen LogP contribution in [-0.2, 0) is 4.79 Å². The molecule has 2 rings (SSSR count). The van der Waals surface area contributed by atoms with E-state index in [-0.39, 0.29) is 11.9 Å². The molecule has 2 aliphatic carbocycles. The fourth-order valence-corrected chi connectivity index (χ4v) is 2.03. The van der Waals surface area contributed by atoms with Gasteiger partial charge in [0, 0.05) is 12.6 Å². The molecular formula is C12H22N2O. The number of nitrogens with two attached hydrogens (primary N) is 1. The molecule has 0 radical (unpaired) electrons. The predicted octanol–water partition coefficient (Wildman–Crippen LogP) is 1.51. The van der Waals surface area contributed by atoms with E-state index in [2.05, 4.69) is 11.8 Å². The zero-order chi connectivity index (χ0) is 10.8. The molecule has 1 atom stereocenters. The molecular weight excluding hydrogens is 188 g/mol. The van der Waals surface area contributed by atoms with Gasteiger partial charge in [0.15, 0.2) is 0 Å². The standard InChI is InChI=1S/C12H22N2O/c1-2-3-11(13)12(15)14(10-6-7-10)8-9-4-5-9/h9-11H,2-8,13H2,1H3/t11-/m0/s1. The summed E-state index contributed by atoms with van der Waals surface area (Å²) in [6, 6.07) is 0.273. The molecule has 2 saturated carbocycles. The first-order valence-corrected chi connectivity index (χ1v) is 6.28. The molecule has 15 heavy (non-hydrogen) atoms. The third-order valence-corrected chi connectivity index (χ3v) is 3.34. The maximum Gasteiger partial charge on any atom is 0.239 e. The zero-order valence-electron chi connectivity index (χ0n) is 9.61. The summed E-state index contributed by atoms with van der Waals surface area (Å²) in [5.41, 5.74) is 5.90. The zero-order valence-corrected chi connectivity index (χ0v) is 9.61. The van der Waals surface area contributed by atoms with Crippen molar-refractivity contribution < 1.29 is 4.79 Å². The van der Waals surface area contributed by atoms with Gasteiger partial charge in [-0.1, -0.05) is 13.3 Å². The van der Waals surface area contributed by atoms with Gasteiger partial charge in [0.2, 0.25) is 5.91 Å². The fraction of sp³-hybridized carbons (Fsp3) is 0.917. The van der Waals surface area contributed by atoms with Crippen LogP contribution in [0.25, 0.3) is 0 Å². The van der Waals surface area contributed by atoms with Gasteiger partial charge in [-0.3, -0.25) is 4.79 Å². The average Bonchev–Trinajstić information content (AvgIpc) is 3.04. The van der Waals surface area contributed by atoms with Crippen molar-refractivity contribution in [2.45, 2.75) is 57.5 Å². The summed E-state index contributed by atoms with van der Waals surface area (Å²) in [4.78, 5) is 14.1. The first-order valence-electron chi connectivity index (χ1n) is 6.28. The normalized spacial score (nSPS) is 22.5. The first kappa shape index (κ1) is 10.9. The molecule has 2 N–H and O–H groups in total. The van der Waals surface area contributed by atoms with Crippen LogP contribution in [0.5, 0.6) is 0 Å². The Kier molecular flexibility index (Phi) is 3.29. The van der Waals surface area contributed by atoms with Gasteiger partial charge in [-0.05, 0) is 38.0 Å². The molecule has 0 aromatic rings. The predicted molar refractivity (Wildman–Crippen MR) is 60.3 cm³/mol. The molecule has 0 aromatic carbocycles. The van der Waals surface area contributed by atoms with Crippen LogP contribution in [0.4, 0.5) is 0 Å². The Bertz CT molecular complexity index is 234. The number of nitrogens with zero attached hydrogens (tertiary/aromatic N) is 1. The van der Waals surface area contributed by atoms with Crippen LogP contribution in [0.1, 0.15) is 45.4 Å². The highest BCUT2D eigenvalue weighted by molar-refractivity contribution is 5.82. The van der Waals surface area contributed by atoms with Gasteiger partial charge >= 0.3 is 0 Å². The average molecular weight is 210 g/mol. The number of hydrogen-bond donors (Lipinski definition) is 1. The van der Waals surface area contributed by atoms with Gasteiger partial charge in [0.25, 0.3) is 0 Å². The Morgan fingerprint density at radius 3 is 2.53 bits per heavy atom. The van der Waals surface area contributed by atoms with Crippen molar-refractivity contribution in [1.82, 2.24) is 4.90 Å². The molecule has 0 aliphatic heterocycles. The largest absolute Gasteiger partial charge is 0.338 e. The second kappa shape index (κ2) is 4.52. The van der Waals surface area contributed by atoms with Crippen molar-refractivity contribution >= 4 is 5.91 Å². The molecule has 0 saturated heterocycles. The Labute approximate surface area is 92.0 Å². The quantitative estimate of drug-likeness (QED) is 0.722. The Balaban J connectivity index is 1.87. The van der Waals surface area contributed by atoms with Gasteiger partial charge in [-0.2, -0.15) is 0 Å². The fourth-order valence-electron chi connectivity index (χ4n) is 2.03. The van der Waals surface area contributed by atoms with Gasteiger partial charge in [-0.15, -0.1) is 0 Å². The molecule has 0 bridgehead atoms. The lowest BCUT2D eigenvalue weighted by atomic mass is 10.1. The highest BCUT2D eigenvalue weighted by Crippen LogP contribution is 2.35. The molecule has 2 fully saturated rings. The van der Waals surface area contributed by atoms with Gasteiger partial charge < -0.3 is 10.6 Å². The van der Waals surface area contributed by atoms with E-state index in [4.69, 9.17) is 5.73 Å². The first-order chi connectivity index (χ1) is 7.22. The molecule has 0 unspecified atom stereocenters. The van der Waals surface area contributed by atoms with Crippen LogP contribution >= 0.6 is 0 Å². The van der Waals surface area contributed by atoms with Crippen molar-refractivity contribution in [2.75, 3.05) is 6.54 Å². The lowest BCUT2D eigenvalue weighted by Crippen LogP contribution is -2.45. The monoisotopic (exact) mass is 210 g/mol. The molecule has 3 nitrogen and oxygen atoms in total. The minimum Gasteiger partial charge on any atom is -0.338 e. The summed E-state index contributed by atoms with van der Waals surface area (Å²) in [5.74, 6) is 0.981. The van der Waals surface area contributed by atoms with Crippen molar-refractivity contribution in [2.24, 2.45) is 11.7 Å². The number of rotatable bonds is 6. The van der Waals surface area contributed by atoms with Gasteiger partial charge in [0.05, 0.1) is 6.04 Å². The maximum absolute atomic E-state index is 12.1. The molecule has 86 valence electrons. The minimum absolute atomic E-state index is 0.200. The smallest absolute Gasteiger partial charge is 0.239 e. The molecule has 0 aromatic heterocycles. The molecule has 1 amide bonds. The van der Waals surface area contributed by atoms with Crippen LogP contribution in [0.2, 0.25) is 0 Å². The highest BCUT2D eigenvalue weighted by atomic mass is 16.2. The summed E-state index contributed by atoms with van der Waals surface area (Å²) in [6.45, 7) is 3.05. The van der Waals surface area contributed by atoms with E-state index in [1.807, 2.05) is 0 Å². The lowest BCUT2D eigenvalue weighted by molar-refractivity contribution is -0.133. The SMILES string of the molecule is CCC[C@H](N)C(=O)N(CC1CC1)C1CC1. The van der Waals surface area contributed by atoms with Gasteiger partial charge in [0.1, 0.15) is 0 Å². The Morgan fingerprint density at radius 2 is 2.07 bits per heavy atom. The van der Waals surface area contributed by atoms with E-state index < -0.39 is 0 Å². The third kappa shape index (κ3) is 2.94. The Morgan fingerprint density at radius 1 is 1.40 bits per heavy atom. The van der Waals surface area contributed by atoms with Crippen LogP contribution in [-0.4, -0.2) is 29.4 Å². The Hall–Kier alpha value is -0.570. The third-order valence-electron chi connectivity index (χ3n) is 3.34. The summed E-state index contributed by atoms with van der Waals surface area (Å²) in [7, 11) is 0. The number of amides is 1. The summed E-state index contributed by atoms with van der Waals surface area (Å²) < 4.78 is 0. The molecule has 2 aliphatic rings. The van der Waals surface area contributed by atoms with Gasteiger partial charge in [-0.25, -0.2) is 0 Å². The highest BCUT2D eigenvalue weighted by Gasteiger charge is 2.37. The van der Waals surface area contributed by atoms with Crippen LogP contribution < -0.4 is 5.73 Å². The molecule has 0 spiro atoms. The van der Waals surface area contributed by atoms with E-state index in [1.54, 1.807) is 0 Å². The van der Waals surface area contributed by atoms with Crippen LogP contribution in [0, 0.1) is 5.92 Å². The van der Waals surface area contributed by atoms with E-state index in [1.165, 1.54) is 25.7 Å². The number of carbonyl (C=O) groups is 1. The maximum atomic E-state index is 12.1. The van der Waals surface area contributed by atoms with Crippen molar-refractivity contribution in [3.05, 3.63) is 0 Å². The van der Waals surface area contributed by atoms with Crippen LogP contribution in [0.3, 0.4) is 0 Å². The van der Waals surface area contributed by atoms with Crippen LogP contribution in [0.15, 0.2) is 0 Å². The van der Waals surface area contributed by atoms with Crippen molar-refractivity contribution in [3.63, 3.8) is 0 Å².